The summed E-state index contributed by atoms with van der Waals surface area (Å²) < 4.78 is 0. The Hall–Kier alpha value is -0.740. The number of hydrogen-bond acceptors (Lipinski definition) is 3. The van der Waals surface area contributed by atoms with Crippen LogP contribution in [0.5, 0.6) is 0 Å². The molecule has 0 aliphatic heterocycles. The van der Waals surface area contributed by atoms with Crippen LogP contribution in [0.15, 0.2) is 23.1 Å². The van der Waals surface area contributed by atoms with Gasteiger partial charge in [-0.1, -0.05) is 45.0 Å². The molecule has 0 saturated heterocycles. The third-order valence-electron chi connectivity index (χ3n) is 2.97. The van der Waals surface area contributed by atoms with Gasteiger partial charge in [-0.2, -0.15) is 0 Å². The van der Waals surface area contributed by atoms with Crippen LogP contribution in [0.3, 0.4) is 0 Å². The van der Waals surface area contributed by atoms with Crippen molar-refractivity contribution in [3.63, 3.8) is 0 Å². The van der Waals surface area contributed by atoms with E-state index in [9.17, 15) is 0 Å². The van der Waals surface area contributed by atoms with Crippen molar-refractivity contribution in [1.29, 1.82) is 0 Å². The summed E-state index contributed by atoms with van der Waals surface area (Å²) >= 11 is 7.00. The highest BCUT2D eigenvalue weighted by molar-refractivity contribution is 7.99. The first-order valence-corrected chi connectivity index (χ1v) is 8.31. The van der Waals surface area contributed by atoms with Crippen molar-refractivity contribution in [3.8, 4) is 0 Å². The van der Waals surface area contributed by atoms with Crippen LogP contribution in [0.1, 0.15) is 45.6 Å². The summed E-state index contributed by atoms with van der Waals surface area (Å²) in [5, 5.41) is 3.54. The predicted molar refractivity (Wildman–Crippen MR) is 91.3 cm³/mol. The molecule has 1 aromatic carbocycles. The Morgan fingerprint density at radius 1 is 1.42 bits per heavy atom. The molecule has 0 aliphatic carbocycles. The van der Waals surface area contributed by atoms with E-state index in [2.05, 4.69) is 44.3 Å². The summed E-state index contributed by atoms with van der Waals surface area (Å²) in [6, 6.07) is 6.66. The van der Waals surface area contributed by atoms with Crippen molar-refractivity contribution in [2.45, 2.75) is 51.0 Å². The van der Waals surface area contributed by atoms with Crippen molar-refractivity contribution < 1.29 is 0 Å². The summed E-state index contributed by atoms with van der Waals surface area (Å²) in [6.45, 7) is 6.56. The third-order valence-corrected chi connectivity index (χ3v) is 4.11. The second kappa shape index (κ2) is 8.43. The third kappa shape index (κ3) is 5.03. The molecule has 0 radical (unpaired) electrons. The van der Waals surface area contributed by atoms with E-state index in [1.165, 1.54) is 24.2 Å². The topological polar surface area (TPSA) is 38.0 Å². The van der Waals surface area contributed by atoms with E-state index in [4.69, 9.17) is 18.0 Å². The molecule has 1 rings (SSSR count). The summed E-state index contributed by atoms with van der Waals surface area (Å²) in [4.78, 5) is 1.64. The molecule has 1 aromatic rings. The monoisotopic (exact) mass is 296 g/mol. The van der Waals surface area contributed by atoms with Gasteiger partial charge in [0.1, 0.15) is 4.99 Å². The summed E-state index contributed by atoms with van der Waals surface area (Å²) in [6.07, 6.45) is 3.62. The maximum atomic E-state index is 5.90. The van der Waals surface area contributed by atoms with Gasteiger partial charge in [0.15, 0.2) is 0 Å². The Balaban J connectivity index is 2.93. The zero-order chi connectivity index (χ0) is 14.3. The molecule has 0 bridgehead atoms. The molecular formula is C15H24N2S2. The lowest BCUT2D eigenvalue weighted by molar-refractivity contribution is 0.645. The molecule has 0 aliphatic rings. The highest BCUT2D eigenvalue weighted by atomic mass is 32.2. The summed E-state index contributed by atoms with van der Waals surface area (Å²) in [5.41, 5.74) is 7.96. The highest BCUT2D eigenvalue weighted by Crippen LogP contribution is 2.29. The lowest BCUT2D eigenvalue weighted by atomic mass is 10.1. The number of unbranched alkanes of at least 4 members (excludes halogenated alkanes) is 1. The van der Waals surface area contributed by atoms with Gasteiger partial charge in [-0.3, -0.25) is 0 Å². The fourth-order valence-corrected chi connectivity index (χ4v) is 3.16. The van der Waals surface area contributed by atoms with Crippen molar-refractivity contribution >= 4 is 34.7 Å². The molecule has 19 heavy (non-hydrogen) atoms. The van der Waals surface area contributed by atoms with E-state index in [-0.39, 0.29) is 0 Å². The van der Waals surface area contributed by atoms with Gasteiger partial charge in [0.25, 0.3) is 0 Å². The van der Waals surface area contributed by atoms with Crippen LogP contribution >= 0.6 is 24.0 Å². The SMILES string of the molecule is CCCCC(C)Nc1cccc(SCC)c1C(N)=S. The molecule has 0 fully saturated rings. The second-order valence-corrected chi connectivity index (χ2v) is 6.41. The predicted octanol–water partition coefficient (Wildman–Crippen LogP) is 4.42. The molecule has 1 atom stereocenters. The number of thiocarbonyl (C=S) groups is 1. The van der Waals surface area contributed by atoms with Gasteiger partial charge >= 0.3 is 0 Å². The van der Waals surface area contributed by atoms with Crippen molar-refractivity contribution in [1.82, 2.24) is 0 Å². The van der Waals surface area contributed by atoms with Crippen LogP contribution < -0.4 is 11.1 Å². The van der Waals surface area contributed by atoms with E-state index < -0.39 is 0 Å². The van der Waals surface area contributed by atoms with Crippen LogP contribution in [0.25, 0.3) is 0 Å². The minimum Gasteiger partial charge on any atom is -0.389 e. The smallest absolute Gasteiger partial charge is 0.107 e. The van der Waals surface area contributed by atoms with Crippen LogP contribution in [0.2, 0.25) is 0 Å². The van der Waals surface area contributed by atoms with Gasteiger partial charge in [0.2, 0.25) is 0 Å². The normalized spacial score (nSPS) is 12.2. The van der Waals surface area contributed by atoms with Gasteiger partial charge in [-0.25, -0.2) is 0 Å². The Morgan fingerprint density at radius 3 is 2.74 bits per heavy atom. The van der Waals surface area contributed by atoms with Crippen molar-refractivity contribution in [3.05, 3.63) is 23.8 Å². The molecule has 106 valence electrons. The fraction of sp³-hybridized carbons (Fsp3) is 0.533. The Morgan fingerprint density at radius 2 is 2.16 bits per heavy atom. The van der Waals surface area contributed by atoms with Crippen molar-refractivity contribution in [2.24, 2.45) is 5.73 Å². The first-order valence-electron chi connectivity index (χ1n) is 6.92. The number of hydrogen-bond donors (Lipinski definition) is 2. The summed E-state index contributed by atoms with van der Waals surface area (Å²) in [7, 11) is 0. The minimum absolute atomic E-state index is 0.440. The average molecular weight is 297 g/mol. The average Bonchev–Trinajstić information content (AvgIpc) is 2.36. The van der Waals surface area contributed by atoms with Crippen LogP contribution in [0, 0.1) is 0 Å². The van der Waals surface area contributed by atoms with Gasteiger partial charge in [-0.15, -0.1) is 11.8 Å². The molecule has 0 spiro atoms. The number of rotatable bonds is 8. The second-order valence-electron chi connectivity index (χ2n) is 4.66. The summed E-state index contributed by atoms with van der Waals surface area (Å²) in [5.74, 6) is 1.02. The number of thioether (sulfide) groups is 1. The fourth-order valence-electron chi connectivity index (χ4n) is 2.03. The van der Waals surface area contributed by atoms with Crippen LogP contribution in [0.4, 0.5) is 5.69 Å². The van der Waals surface area contributed by atoms with Gasteiger partial charge < -0.3 is 11.1 Å². The lowest BCUT2D eigenvalue weighted by Crippen LogP contribution is -2.20. The minimum atomic E-state index is 0.440. The van der Waals surface area contributed by atoms with E-state index in [1.807, 2.05) is 0 Å². The van der Waals surface area contributed by atoms with Crippen molar-refractivity contribution in [2.75, 3.05) is 11.1 Å². The molecular weight excluding hydrogens is 272 g/mol. The first kappa shape index (κ1) is 16.3. The number of benzene rings is 1. The zero-order valence-corrected chi connectivity index (χ0v) is 13.7. The molecule has 2 nitrogen and oxygen atoms in total. The van der Waals surface area contributed by atoms with E-state index in [0.717, 1.165) is 17.0 Å². The highest BCUT2D eigenvalue weighted by Gasteiger charge is 2.12. The molecule has 0 saturated carbocycles. The Kier molecular flexibility index (Phi) is 7.24. The van der Waals surface area contributed by atoms with E-state index in [1.54, 1.807) is 11.8 Å². The Labute approximate surface area is 126 Å². The number of nitrogens with one attached hydrogen (secondary N) is 1. The molecule has 4 heteroatoms. The maximum Gasteiger partial charge on any atom is 0.107 e. The molecule has 3 N–H and O–H groups in total. The first-order chi connectivity index (χ1) is 9.10. The van der Waals surface area contributed by atoms with E-state index in [0.29, 0.717) is 11.0 Å². The van der Waals surface area contributed by atoms with Crippen LogP contribution in [-0.2, 0) is 0 Å². The quantitative estimate of drug-likeness (QED) is 0.550. The zero-order valence-electron chi connectivity index (χ0n) is 12.0. The Bertz CT molecular complexity index is 419. The van der Waals surface area contributed by atoms with Gasteiger partial charge in [-0.05, 0) is 31.2 Å². The maximum absolute atomic E-state index is 5.90. The van der Waals surface area contributed by atoms with E-state index >= 15 is 0 Å². The molecule has 0 heterocycles. The lowest BCUT2D eigenvalue weighted by Gasteiger charge is -2.19. The van der Waals surface area contributed by atoms with Gasteiger partial charge in [0.05, 0.1) is 0 Å². The standard InChI is InChI=1S/C15H24N2S2/c1-4-6-8-11(3)17-12-9-7-10-13(19-5-2)14(12)15(16)18/h7,9-11,17H,4-6,8H2,1-3H3,(H2,16,18). The largest absolute Gasteiger partial charge is 0.389 e. The van der Waals surface area contributed by atoms with Gasteiger partial charge in [0, 0.05) is 22.2 Å². The number of anilines is 1. The number of nitrogens with two attached hydrogens (primary N) is 1. The molecule has 1 unspecified atom stereocenters. The molecule has 0 aromatic heterocycles. The van der Waals surface area contributed by atoms with Crippen LogP contribution in [-0.4, -0.2) is 16.8 Å². The molecule has 0 amide bonds.